The number of hydrazone groups is 1. The van der Waals surface area contributed by atoms with E-state index in [1.54, 1.807) is 48.7 Å². The Morgan fingerprint density at radius 3 is 2.69 bits per heavy atom. The lowest BCUT2D eigenvalue weighted by Gasteiger charge is -2.23. The molecule has 1 aromatic heterocycles. The van der Waals surface area contributed by atoms with Crippen LogP contribution in [0, 0.1) is 0 Å². The third-order valence-electron chi connectivity index (χ3n) is 5.25. The second-order valence-electron chi connectivity index (χ2n) is 7.22. The number of phenolic OH excluding ortho intramolecular Hbond substituents is 1. The Bertz CT molecular complexity index is 1250. The molecule has 0 saturated carbocycles. The minimum Gasteiger partial charge on any atom is -0.508 e. The molecule has 2 aliphatic heterocycles. The Hall–Kier alpha value is -3.78. The summed E-state index contributed by atoms with van der Waals surface area (Å²) in [5, 5.41) is 17.5. The predicted molar refractivity (Wildman–Crippen MR) is 124 cm³/mol. The van der Waals surface area contributed by atoms with E-state index in [1.165, 1.54) is 11.8 Å². The molecule has 1 unspecified atom stereocenters. The first-order valence-corrected chi connectivity index (χ1v) is 10.8. The van der Waals surface area contributed by atoms with E-state index in [9.17, 15) is 9.90 Å². The van der Waals surface area contributed by atoms with Crippen molar-refractivity contribution in [2.75, 3.05) is 7.11 Å². The highest BCUT2D eigenvalue weighted by molar-refractivity contribution is 8.18. The molecule has 3 aromatic rings. The molecular weight excluding hydrogens is 426 g/mol. The van der Waals surface area contributed by atoms with Gasteiger partial charge in [-0.3, -0.25) is 4.79 Å². The molecular formula is C24H19N3O4S. The van der Waals surface area contributed by atoms with Crippen LogP contribution in [0.25, 0.3) is 6.08 Å². The van der Waals surface area contributed by atoms with E-state index in [4.69, 9.17) is 14.3 Å². The number of ether oxygens (including phenoxy) is 1. The summed E-state index contributed by atoms with van der Waals surface area (Å²) in [4.78, 5) is 17.2. The lowest BCUT2D eigenvalue weighted by Crippen LogP contribution is -2.23. The van der Waals surface area contributed by atoms with E-state index in [2.05, 4.69) is 4.99 Å². The highest BCUT2D eigenvalue weighted by atomic mass is 32.2. The zero-order chi connectivity index (χ0) is 22.1. The molecule has 0 aliphatic carbocycles. The summed E-state index contributed by atoms with van der Waals surface area (Å²) in [6.45, 7) is 0. The van der Waals surface area contributed by atoms with E-state index in [1.807, 2.05) is 36.4 Å². The minimum atomic E-state index is -0.342. The molecule has 1 N–H and O–H groups in total. The van der Waals surface area contributed by atoms with Crippen molar-refractivity contribution in [2.24, 2.45) is 10.1 Å². The number of carbonyl (C=O) groups excluding carboxylic acids is 1. The van der Waals surface area contributed by atoms with Crippen LogP contribution in [0.4, 0.5) is 0 Å². The molecule has 7 nitrogen and oxygen atoms in total. The second-order valence-corrected chi connectivity index (χ2v) is 8.23. The standard InChI is InChI=1S/C24H19N3O4S/c1-30-16-10-8-15(9-11-16)19-14-20(18-6-2-3-7-21(18)28)27(26-19)24-25-23(29)22(32-24)13-17-5-4-12-31-17/h2-13,20,28H,14H2,1H3/b22-13-. The van der Waals surface area contributed by atoms with E-state index in [-0.39, 0.29) is 17.7 Å². The quantitative estimate of drug-likeness (QED) is 0.580. The zero-order valence-electron chi connectivity index (χ0n) is 17.1. The predicted octanol–water partition coefficient (Wildman–Crippen LogP) is 4.82. The number of hydrogen-bond donors (Lipinski definition) is 1. The van der Waals surface area contributed by atoms with Gasteiger partial charge < -0.3 is 14.3 Å². The molecule has 3 heterocycles. The molecule has 0 bridgehead atoms. The van der Waals surface area contributed by atoms with Crippen molar-refractivity contribution in [3.05, 3.63) is 88.7 Å². The number of para-hydroxylation sites is 1. The van der Waals surface area contributed by atoms with Crippen molar-refractivity contribution in [1.82, 2.24) is 5.01 Å². The summed E-state index contributed by atoms with van der Waals surface area (Å²) in [6, 6.07) is 18.1. The molecule has 2 aromatic carbocycles. The van der Waals surface area contributed by atoms with Gasteiger partial charge in [-0.1, -0.05) is 18.2 Å². The Labute approximate surface area is 188 Å². The van der Waals surface area contributed by atoms with Crippen LogP contribution in [0.2, 0.25) is 0 Å². The van der Waals surface area contributed by atoms with Crippen LogP contribution in [0.15, 0.2) is 86.3 Å². The summed E-state index contributed by atoms with van der Waals surface area (Å²) >= 11 is 1.24. The van der Waals surface area contributed by atoms with Gasteiger partial charge in [0.25, 0.3) is 5.91 Å². The molecule has 0 fully saturated rings. The minimum absolute atomic E-state index is 0.176. The maximum absolute atomic E-state index is 12.5. The average Bonchev–Trinajstić information content (AvgIpc) is 3.55. The fourth-order valence-corrected chi connectivity index (χ4v) is 4.55. The smallest absolute Gasteiger partial charge is 0.286 e. The van der Waals surface area contributed by atoms with Crippen molar-refractivity contribution >= 4 is 34.6 Å². The van der Waals surface area contributed by atoms with Gasteiger partial charge in [0.05, 0.1) is 30.0 Å². The number of amidine groups is 1. The summed E-state index contributed by atoms with van der Waals surface area (Å²) in [6.07, 6.45) is 3.77. The lowest BCUT2D eigenvalue weighted by molar-refractivity contribution is -0.113. The van der Waals surface area contributed by atoms with E-state index in [0.29, 0.717) is 22.3 Å². The van der Waals surface area contributed by atoms with Gasteiger partial charge in [0.1, 0.15) is 17.3 Å². The topological polar surface area (TPSA) is 87.6 Å². The van der Waals surface area contributed by atoms with Gasteiger partial charge in [-0.25, -0.2) is 5.01 Å². The second kappa shape index (κ2) is 8.39. The largest absolute Gasteiger partial charge is 0.508 e. The first kappa shape index (κ1) is 20.1. The van der Waals surface area contributed by atoms with Gasteiger partial charge in [0.2, 0.25) is 0 Å². The van der Waals surface area contributed by atoms with Gasteiger partial charge in [-0.2, -0.15) is 10.1 Å². The van der Waals surface area contributed by atoms with E-state index >= 15 is 0 Å². The Morgan fingerprint density at radius 2 is 1.97 bits per heavy atom. The molecule has 8 heteroatoms. The molecule has 32 heavy (non-hydrogen) atoms. The normalized spacial score (nSPS) is 19.4. The van der Waals surface area contributed by atoms with Crippen LogP contribution in [0.3, 0.4) is 0 Å². The first-order valence-electron chi connectivity index (χ1n) is 9.97. The number of aromatic hydroxyl groups is 1. The summed E-state index contributed by atoms with van der Waals surface area (Å²) in [5.41, 5.74) is 2.49. The number of benzene rings is 2. The maximum atomic E-state index is 12.5. The number of nitrogens with zero attached hydrogens (tertiary/aromatic N) is 3. The molecule has 1 amide bonds. The van der Waals surface area contributed by atoms with Crippen molar-refractivity contribution in [1.29, 1.82) is 0 Å². The number of amides is 1. The Kier molecular flexibility index (Phi) is 5.28. The summed E-state index contributed by atoms with van der Waals surface area (Å²) < 4.78 is 10.6. The van der Waals surface area contributed by atoms with Gasteiger partial charge in [-0.15, -0.1) is 0 Å². The van der Waals surface area contributed by atoms with Crippen LogP contribution in [-0.4, -0.2) is 34.0 Å². The molecule has 2 aliphatic rings. The molecule has 0 saturated heterocycles. The Morgan fingerprint density at radius 1 is 1.16 bits per heavy atom. The third kappa shape index (κ3) is 3.80. The van der Waals surface area contributed by atoms with Gasteiger partial charge in [0, 0.05) is 18.1 Å². The van der Waals surface area contributed by atoms with Crippen molar-refractivity contribution in [2.45, 2.75) is 12.5 Å². The van der Waals surface area contributed by atoms with Crippen molar-refractivity contribution < 1.29 is 19.1 Å². The van der Waals surface area contributed by atoms with Crippen LogP contribution >= 0.6 is 11.8 Å². The maximum Gasteiger partial charge on any atom is 0.286 e. The fraction of sp³-hybridized carbons (Fsp3) is 0.125. The number of rotatable bonds is 4. The highest BCUT2D eigenvalue weighted by Gasteiger charge is 2.37. The van der Waals surface area contributed by atoms with Gasteiger partial charge in [0.15, 0.2) is 5.17 Å². The molecule has 0 radical (unpaired) electrons. The summed E-state index contributed by atoms with van der Waals surface area (Å²) in [5.74, 6) is 1.18. The molecule has 5 rings (SSSR count). The number of methoxy groups -OCH3 is 1. The average molecular weight is 446 g/mol. The van der Waals surface area contributed by atoms with Crippen LogP contribution in [0.5, 0.6) is 11.5 Å². The van der Waals surface area contributed by atoms with Gasteiger partial charge >= 0.3 is 0 Å². The monoisotopic (exact) mass is 445 g/mol. The third-order valence-corrected chi connectivity index (χ3v) is 6.22. The van der Waals surface area contributed by atoms with Gasteiger partial charge in [-0.05, 0) is 59.8 Å². The zero-order valence-corrected chi connectivity index (χ0v) is 18.0. The van der Waals surface area contributed by atoms with Crippen LogP contribution in [-0.2, 0) is 4.79 Å². The molecule has 1 atom stereocenters. The van der Waals surface area contributed by atoms with Crippen molar-refractivity contribution in [3.63, 3.8) is 0 Å². The number of carbonyl (C=O) groups is 1. The van der Waals surface area contributed by atoms with Crippen LogP contribution < -0.4 is 4.74 Å². The number of thioether (sulfide) groups is 1. The number of hydrogen-bond acceptors (Lipinski definition) is 7. The molecule has 0 spiro atoms. The number of aliphatic imine (C=N–C) groups is 1. The lowest BCUT2D eigenvalue weighted by atomic mass is 9.98. The summed E-state index contributed by atoms with van der Waals surface area (Å²) in [7, 11) is 1.62. The Balaban J connectivity index is 1.50. The van der Waals surface area contributed by atoms with E-state index in [0.717, 1.165) is 22.6 Å². The van der Waals surface area contributed by atoms with E-state index < -0.39 is 0 Å². The van der Waals surface area contributed by atoms with Crippen molar-refractivity contribution in [3.8, 4) is 11.5 Å². The highest BCUT2D eigenvalue weighted by Crippen LogP contribution is 2.41. The number of furan rings is 1. The SMILES string of the molecule is COc1ccc(C2=NN(C3=NC(=O)/C(=C/c4ccco4)S3)C(c3ccccc3O)C2)cc1. The van der Waals surface area contributed by atoms with Crippen LogP contribution in [0.1, 0.15) is 29.3 Å². The fourth-order valence-electron chi connectivity index (χ4n) is 3.65. The number of phenols is 1. The molecule has 160 valence electrons. The first-order chi connectivity index (χ1) is 15.6.